The minimum atomic E-state index is -2.18. The maximum Gasteiger partial charge on any atom is 0.228 e. The number of rotatable bonds is 5. The van der Waals surface area contributed by atoms with Crippen LogP contribution in [-0.4, -0.2) is 32.1 Å². The molecule has 1 aliphatic heterocycles. The van der Waals surface area contributed by atoms with Crippen LogP contribution >= 0.6 is 11.6 Å². The smallest absolute Gasteiger partial charge is 0.228 e. The molecule has 34 heavy (non-hydrogen) atoms. The molecule has 0 bridgehead atoms. The van der Waals surface area contributed by atoms with Crippen LogP contribution in [0.3, 0.4) is 0 Å². The standard InChI is InChI=1S/C24H19ClF5N3O/c25-16-13-15(31-18(34)12-14-4-2-1-3-5-14)6-7-17(16)32-8-10-33(11-9-32)24-22(29)20(27)19(26)21(28)23(24)30/h1-7,13H,8-12H2,(H,31,34). The van der Waals surface area contributed by atoms with Gasteiger partial charge in [0.2, 0.25) is 11.7 Å². The summed E-state index contributed by atoms with van der Waals surface area (Å²) in [5.41, 5.74) is 1.07. The topological polar surface area (TPSA) is 35.6 Å². The molecule has 1 aliphatic rings. The lowest BCUT2D eigenvalue weighted by molar-refractivity contribution is -0.115. The van der Waals surface area contributed by atoms with Crippen LogP contribution in [0.15, 0.2) is 48.5 Å². The predicted molar refractivity (Wildman–Crippen MR) is 121 cm³/mol. The van der Waals surface area contributed by atoms with Gasteiger partial charge in [-0.15, -0.1) is 0 Å². The number of piperazine rings is 1. The van der Waals surface area contributed by atoms with E-state index in [-0.39, 0.29) is 38.5 Å². The highest BCUT2D eigenvalue weighted by Gasteiger charge is 2.31. The number of nitrogens with zero attached hydrogens (tertiary/aromatic N) is 2. The lowest BCUT2D eigenvalue weighted by Gasteiger charge is -2.38. The molecular formula is C24H19ClF5N3O. The van der Waals surface area contributed by atoms with E-state index in [1.165, 1.54) is 0 Å². The number of hydrogen-bond donors (Lipinski definition) is 1. The molecule has 1 heterocycles. The summed E-state index contributed by atoms with van der Waals surface area (Å²) in [4.78, 5) is 15.2. The van der Waals surface area contributed by atoms with Crippen LogP contribution in [0.1, 0.15) is 5.56 Å². The van der Waals surface area contributed by atoms with E-state index in [2.05, 4.69) is 5.32 Å². The maximum absolute atomic E-state index is 14.1. The van der Waals surface area contributed by atoms with Gasteiger partial charge in [-0.25, -0.2) is 22.0 Å². The average molecular weight is 496 g/mol. The van der Waals surface area contributed by atoms with E-state index < -0.39 is 34.8 Å². The van der Waals surface area contributed by atoms with Crippen molar-refractivity contribution in [1.82, 2.24) is 0 Å². The molecule has 4 nitrogen and oxygen atoms in total. The van der Waals surface area contributed by atoms with Gasteiger partial charge >= 0.3 is 0 Å². The maximum atomic E-state index is 14.1. The van der Waals surface area contributed by atoms with Crippen LogP contribution in [0.5, 0.6) is 0 Å². The van der Waals surface area contributed by atoms with Crippen molar-refractivity contribution in [3.8, 4) is 0 Å². The fourth-order valence-corrected chi connectivity index (χ4v) is 4.17. The Bertz CT molecular complexity index is 1190. The van der Waals surface area contributed by atoms with Crippen LogP contribution in [0.4, 0.5) is 39.0 Å². The molecule has 0 saturated carbocycles. The number of hydrogen-bond acceptors (Lipinski definition) is 3. The largest absolute Gasteiger partial charge is 0.367 e. The van der Waals surface area contributed by atoms with Crippen LogP contribution in [0.2, 0.25) is 5.02 Å². The summed E-state index contributed by atoms with van der Waals surface area (Å²) in [6, 6.07) is 14.2. The second kappa shape index (κ2) is 9.89. The molecule has 0 spiro atoms. The van der Waals surface area contributed by atoms with Crippen LogP contribution < -0.4 is 15.1 Å². The molecule has 3 aromatic rings. The lowest BCUT2D eigenvalue weighted by Crippen LogP contribution is -2.47. The van der Waals surface area contributed by atoms with Gasteiger partial charge in [0, 0.05) is 31.9 Å². The Balaban J connectivity index is 1.42. The van der Waals surface area contributed by atoms with Gasteiger partial charge in [0.25, 0.3) is 0 Å². The first kappa shape index (κ1) is 23.8. The molecule has 1 fully saturated rings. The number of halogens is 6. The third-order valence-electron chi connectivity index (χ3n) is 5.56. The Morgan fingerprint density at radius 3 is 1.94 bits per heavy atom. The average Bonchev–Trinajstić information content (AvgIpc) is 2.83. The molecule has 0 aromatic heterocycles. The Kier molecular flexibility index (Phi) is 6.92. The number of anilines is 3. The molecule has 0 aliphatic carbocycles. The Morgan fingerprint density at radius 2 is 1.35 bits per heavy atom. The van der Waals surface area contributed by atoms with Crippen molar-refractivity contribution < 1.29 is 26.7 Å². The fraction of sp³-hybridized carbons (Fsp3) is 0.208. The minimum absolute atomic E-state index is 0.0181. The molecule has 10 heteroatoms. The van der Waals surface area contributed by atoms with Crippen molar-refractivity contribution in [1.29, 1.82) is 0 Å². The second-order valence-electron chi connectivity index (χ2n) is 7.77. The summed E-state index contributed by atoms with van der Waals surface area (Å²) < 4.78 is 68.7. The van der Waals surface area contributed by atoms with Crippen molar-refractivity contribution in [2.45, 2.75) is 6.42 Å². The second-order valence-corrected chi connectivity index (χ2v) is 8.18. The number of carbonyl (C=O) groups excluding carboxylic acids is 1. The highest BCUT2D eigenvalue weighted by molar-refractivity contribution is 6.33. The molecule has 0 atom stereocenters. The van der Waals surface area contributed by atoms with Gasteiger partial charge in [0.05, 0.1) is 17.1 Å². The molecule has 1 amide bonds. The number of nitrogens with one attached hydrogen (secondary N) is 1. The first-order valence-corrected chi connectivity index (χ1v) is 10.8. The molecular weight excluding hydrogens is 477 g/mol. The predicted octanol–water partition coefficient (Wildman–Crippen LogP) is 5.54. The monoisotopic (exact) mass is 495 g/mol. The van der Waals surface area contributed by atoms with E-state index >= 15 is 0 Å². The van der Waals surface area contributed by atoms with E-state index in [1.807, 2.05) is 35.2 Å². The van der Waals surface area contributed by atoms with Crippen molar-refractivity contribution in [2.75, 3.05) is 41.3 Å². The van der Waals surface area contributed by atoms with Gasteiger partial charge in [-0.05, 0) is 23.8 Å². The molecule has 1 N–H and O–H groups in total. The van der Waals surface area contributed by atoms with Gasteiger partial charge in [0.15, 0.2) is 23.3 Å². The molecule has 0 radical (unpaired) electrons. The molecule has 3 aromatic carbocycles. The quantitative estimate of drug-likeness (QED) is 0.287. The SMILES string of the molecule is O=C(Cc1ccccc1)Nc1ccc(N2CCN(c3c(F)c(F)c(F)c(F)c3F)CC2)c(Cl)c1. The summed E-state index contributed by atoms with van der Waals surface area (Å²) >= 11 is 6.40. The van der Waals surface area contributed by atoms with Crippen molar-refractivity contribution in [3.63, 3.8) is 0 Å². The van der Waals surface area contributed by atoms with E-state index in [9.17, 15) is 26.7 Å². The van der Waals surface area contributed by atoms with Crippen molar-refractivity contribution in [3.05, 3.63) is 88.2 Å². The van der Waals surface area contributed by atoms with E-state index in [0.717, 1.165) is 10.5 Å². The molecule has 4 rings (SSSR count). The first-order chi connectivity index (χ1) is 16.3. The fourth-order valence-electron chi connectivity index (χ4n) is 3.87. The molecule has 178 valence electrons. The normalized spacial score (nSPS) is 13.8. The van der Waals surface area contributed by atoms with Gasteiger partial charge in [-0.2, -0.15) is 0 Å². The summed E-state index contributed by atoms with van der Waals surface area (Å²) in [5.74, 6) is -10.0. The van der Waals surface area contributed by atoms with Crippen molar-refractivity contribution >= 4 is 34.6 Å². The third-order valence-corrected chi connectivity index (χ3v) is 5.86. The van der Waals surface area contributed by atoms with Gasteiger partial charge in [-0.3, -0.25) is 4.79 Å². The minimum Gasteiger partial charge on any atom is -0.367 e. The van der Waals surface area contributed by atoms with E-state index in [1.54, 1.807) is 18.2 Å². The van der Waals surface area contributed by atoms with Gasteiger partial charge in [-0.1, -0.05) is 41.9 Å². The Hall–Kier alpha value is -3.33. The summed E-state index contributed by atoms with van der Waals surface area (Å²) in [6.07, 6.45) is 0.208. The zero-order valence-corrected chi connectivity index (χ0v) is 18.5. The van der Waals surface area contributed by atoms with Gasteiger partial charge in [0.1, 0.15) is 5.69 Å². The summed E-state index contributed by atoms with van der Waals surface area (Å²) in [6.45, 7) is 0.506. The summed E-state index contributed by atoms with van der Waals surface area (Å²) in [7, 11) is 0. The zero-order chi connectivity index (χ0) is 24.4. The highest BCUT2D eigenvalue weighted by atomic mass is 35.5. The molecule has 0 unspecified atom stereocenters. The lowest BCUT2D eigenvalue weighted by atomic mass is 10.1. The van der Waals surface area contributed by atoms with Crippen LogP contribution in [0.25, 0.3) is 0 Å². The highest BCUT2D eigenvalue weighted by Crippen LogP contribution is 2.33. The Morgan fingerprint density at radius 1 is 0.794 bits per heavy atom. The first-order valence-electron chi connectivity index (χ1n) is 10.4. The Labute approximate surface area is 197 Å². The van der Waals surface area contributed by atoms with Crippen LogP contribution in [-0.2, 0) is 11.2 Å². The molecule has 1 saturated heterocycles. The van der Waals surface area contributed by atoms with Crippen LogP contribution in [0, 0.1) is 29.1 Å². The van der Waals surface area contributed by atoms with Crippen molar-refractivity contribution in [2.24, 2.45) is 0 Å². The number of amides is 1. The number of benzene rings is 3. The zero-order valence-electron chi connectivity index (χ0n) is 17.7. The number of carbonyl (C=O) groups is 1. The van der Waals surface area contributed by atoms with E-state index in [0.29, 0.717) is 16.4 Å². The van der Waals surface area contributed by atoms with Gasteiger partial charge < -0.3 is 15.1 Å². The summed E-state index contributed by atoms with van der Waals surface area (Å²) in [5, 5.41) is 3.13. The van der Waals surface area contributed by atoms with E-state index in [4.69, 9.17) is 11.6 Å². The third kappa shape index (κ3) is 4.79.